The normalized spacial score (nSPS) is 13.7. The Morgan fingerprint density at radius 3 is 1.17 bits per heavy atom. The molecule has 0 aliphatic rings. The van der Waals surface area contributed by atoms with Crippen molar-refractivity contribution in [2.24, 2.45) is 0 Å². The maximum atomic E-state index is 12.4. The van der Waals surface area contributed by atoms with Gasteiger partial charge in [0.05, 0.1) is 18.8 Å². The second-order valence-corrected chi connectivity index (χ2v) is 16.8. The van der Waals surface area contributed by atoms with Crippen LogP contribution in [0.5, 0.6) is 0 Å². The van der Waals surface area contributed by atoms with Crippen molar-refractivity contribution < 1.29 is 15.0 Å². The zero-order valence-corrected chi connectivity index (χ0v) is 39.4. The summed E-state index contributed by atoms with van der Waals surface area (Å²) < 4.78 is 0. The quantitative estimate of drug-likeness (QED) is 0.0423. The van der Waals surface area contributed by atoms with Crippen LogP contribution in [-0.4, -0.2) is 34.9 Å². The van der Waals surface area contributed by atoms with Crippen LogP contribution in [0.15, 0.2) is 97.2 Å². The van der Waals surface area contributed by atoms with Crippen molar-refractivity contribution in [3.63, 3.8) is 0 Å². The molecular formula is C56H97NO3. The summed E-state index contributed by atoms with van der Waals surface area (Å²) in [6.45, 7) is 4.18. The molecule has 0 radical (unpaired) electrons. The van der Waals surface area contributed by atoms with E-state index in [0.717, 1.165) is 83.5 Å². The number of carbonyl (C=O) groups excluding carboxylic acids is 1. The Balaban J connectivity index is 3.64. The third-order valence-corrected chi connectivity index (χ3v) is 11.1. The van der Waals surface area contributed by atoms with Gasteiger partial charge in [0.1, 0.15) is 0 Å². The summed E-state index contributed by atoms with van der Waals surface area (Å²) in [6, 6.07) is -0.651. The number of nitrogens with one attached hydrogen (secondary N) is 1. The zero-order chi connectivity index (χ0) is 43.5. The van der Waals surface area contributed by atoms with Crippen LogP contribution in [0.3, 0.4) is 0 Å². The second-order valence-electron chi connectivity index (χ2n) is 16.8. The Morgan fingerprint density at radius 1 is 0.417 bits per heavy atom. The van der Waals surface area contributed by atoms with Crippen LogP contribution in [0.1, 0.15) is 232 Å². The molecule has 0 saturated carbocycles. The summed E-state index contributed by atoms with van der Waals surface area (Å²) in [5.74, 6) is -0.0855. The third kappa shape index (κ3) is 46.4. The molecule has 0 aromatic carbocycles. The predicted molar refractivity (Wildman–Crippen MR) is 266 cm³/mol. The topological polar surface area (TPSA) is 69.6 Å². The minimum atomic E-state index is -0.873. The minimum Gasteiger partial charge on any atom is -0.394 e. The van der Waals surface area contributed by atoms with Crippen molar-refractivity contribution in [1.29, 1.82) is 0 Å². The van der Waals surface area contributed by atoms with Crippen molar-refractivity contribution in [2.75, 3.05) is 6.61 Å². The number of carbonyl (C=O) groups is 1. The van der Waals surface area contributed by atoms with E-state index in [1.54, 1.807) is 6.08 Å². The molecule has 0 fully saturated rings. The molecule has 0 aromatic rings. The summed E-state index contributed by atoms with van der Waals surface area (Å²) in [5, 5.41) is 23.1. The molecule has 2 unspecified atom stereocenters. The summed E-state index contributed by atoms with van der Waals surface area (Å²) in [4.78, 5) is 12.4. The van der Waals surface area contributed by atoms with Gasteiger partial charge < -0.3 is 15.5 Å². The van der Waals surface area contributed by atoms with Crippen molar-refractivity contribution in [1.82, 2.24) is 5.32 Å². The Labute approximate surface area is 373 Å². The maximum absolute atomic E-state index is 12.4. The number of aliphatic hydroxyl groups is 2. The molecule has 0 heterocycles. The van der Waals surface area contributed by atoms with Crippen LogP contribution >= 0.6 is 0 Å². The van der Waals surface area contributed by atoms with Gasteiger partial charge in [0, 0.05) is 6.42 Å². The lowest BCUT2D eigenvalue weighted by molar-refractivity contribution is -0.123. The van der Waals surface area contributed by atoms with Crippen molar-refractivity contribution >= 4 is 5.91 Å². The molecule has 2 atom stereocenters. The molecule has 0 aliphatic heterocycles. The number of unbranched alkanes of at least 4 members (excludes halogenated alkanes) is 24. The Bertz CT molecular complexity index is 1130. The number of hydrogen-bond donors (Lipinski definition) is 3. The summed E-state index contributed by atoms with van der Waals surface area (Å²) in [6.07, 6.45) is 75.4. The molecule has 0 spiro atoms. The van der Waals surface area contributed by atoms with Gasteiger partial charge in [0.25, 0.3) is 0 Å². The first-order chi connectivity index (χ1) is 29.7. The summed E-state index contributed by atoms with van der Waals surface area (Å²) >= 11 is 0. The van der Waals surface area contributed by atoms with Crippen LogP contribution in [0.25, 0.3) is 0 Å². The molecule has 344 valence electrons. The first-order valence-electron chi connectivity index (χ1n) is 25.5. The van der Waals surface area contributed by atoms with E-state index in [1.165, 1.54) is 128 Å². The highest BCUT2D eigenvalue weighted by Crippen LogP contribution is 2.15. The highest BCUT2D eigenvalue weighted by atomic mass is 16.3. The monoisotopic (exact) mass is 832 g/mol. The highest BCUT2D eigenvalue weighted by Gasteiger charge is 2.17. The first-order valence-corrected chi connectivity index (χ1v) is 25.5. The molecular weight excluding hydrogens is 735 g/mol. The predicted octanol–water partition coefficient (Wildman–Crippen LogP) is 16.6. The van der Waals surface area contributed by atoms with Crippen LogP contribution in [-0.2, 0) is 4.79 Å². The Kier molecular flexibility index (Phi) is 48.4. The van der Waals surface area contributed by atoms with Gasteiger partial charge in [-0.1, -0.05) is 239 Å². The summed E-state index contributed by atoms with van der Waals surface area (Å²) in [7, 11) is 0. The number of amides is 1. The molecule has 0 aromatic heterocycles. The minimum absolute atomic E-state index is 0.0855. The van der Waals surface area contributed by atoms with Crippen molar-refractivity contribution in [3.8, 4) is 0 Å². The van der Waals surface area contributed by atoms with Gasteiger partial charge in [-0.3, -0.25) is 4.79 Å². The van der Waals surface area contributed by atoms with Gasteiger partial charge in [-0.05, 0) is 83.5 Å². The van der Waals surface area contributed by atoms with E-state index >= 15 is 0 Å². The molecule has 1 amide bonds. The third-order valence-electron chi connectivity index (χ3n) is 11.1. The molecule has 0 rings (SSSR count). The van der Waals surface area contributed by atoms with Crippen LogP contribution in [0.4, 0.5) is 0 Å². The lowest BCUT2D eigenvalue weighted by atomic mass is 10.0. The smallest absolute Gasteiger partial charge is 0.220 e. The van der Waals surface area contributed by atoms with Gasteiger partial charge in [0.15, 0.2) is 0 Å². The standard InChI is InChI=1S/C56H97NO3/c1-3-5-7-9-11-13-15-17-19-21-23-25-26-27-28-29-30-32-34-36-38-40-42-44-46-48-50-52-56(60)57-54(53-58)55(59)51-49-47-45-43-41-39-37-35-33-31-24-22-20-18-16-14-12-10-8-6-4-2/h5,7,11,13,17,19,23,25,27-28,30,32,41,43,49,51,54-55,58-59H,3-4,6,8-10,12,14-16,18,20-22,24,26,29,31,33-40,42,44-48,50,52-53H2,1-2H3,(H,57,60)/b7-5-,13-11-,19-17-,25-23-,28-27-,32-30-,43-41+,51-49+. The van der Waals surface area contributed by atoms with Gasteiger partial charge in [-0.2, -0.15) is 0 Å². The number of allylic oxidation sites excluding steroid dienone is 15. The van der Waals surface area contributed by atoms with E-state index in [4.69, 9.17) is 0 Å². The molecule has 0 saturated heterocycles. The van der Waals surface area contributed by atoms with Crippen molar-refractivity contribution in [3.05, 3.63) is 97.2 Å². The van der Waals surface area contributed by atoms with Crippen LogP contribution < -0.4 is 5.32 Å². The lowest BCUT2D eigenvalue weighted by Crippen LogP contribution is -2.45. The first kappa shape index (κ1) is 57.3. The number of aliphatic hydroxyl groups excluding tert-OH is 2. The fourth-order valence-electron chi connectivity index (χ4n) is 7.20. The second kappa shape index (κ2) is 50.7. The molecule has 0 bridgehead atoms. The van der Waals surface area contributed by atoms with Crippen LogP contribution in [0, 0.1) is 0 Å². The molecule has 4 heteroatoms. The Hall–Kier alpha value is -2.69. The van der Waals surface area contributed by atoms with E-state index in [0.29, 0.717) is 6.42 Å². The van der Waals surface area contributed by atoms with E-state index in [9.17, 15) is 15.0 Å². The molecule has 60 heavy (non-hydrogen) atoms. The highest BCUT2D eigenvalue weighted by molar-refractivity contribution is 5.76. The lowest BCUT2D eigenvalue weighted by Gasteiger charge is -2.19. The van der Waals surface area contributed by atoms with E-state index in [1.807, 2.05) is 6.08 Å². The van der Waals surface area contributed by atoms with Gasteiger partial charge in [-0.15, -0.1) is 0 Å². The maximum Gasteiger partial charge on any atom is 0.220 e. The SMILES string of the molecule is CC/C=C\C/C=C\C/C=C\C/C=C\C/C=C\C/C=C\CCCCCCCCCCC(=O)NC(CO)C(O)/C=C/CC/C=C/CCCCCCCCCCCCCCCCC. The molecule has 4 nitrogen and oxygen atoms in total. The summed E-state index contributed by atoms with van der Waals surface area (Å²) in [5.41, 5.74) is 0. The van der Waals surface area contributed by atoms with Gasteiger partial charge >= 0.3 is 0 Å². The average Bonchev–Trinajstić information content (AvgIpc) is 3.25. The number of hydrogen-bond acceptors (Lipinski definition) is 3. The van der Waals surface area contributed by atoms with Gasteiger partial charge in [0.2, 0.25) is 5.91 Å². The molecule has 3 N–H and O–H groups in total. The fraction of sp³-hybridized carbons (Fsp3) is 0.696. The number of rotatable bonds is 45. The van der Waals surface area contributed by atoms with E-state index in [-0.39, 0.29) is 12.5 Å². The van der Waals surface area contributed by atoms with Crippen molar-refractivity contribution in [2.45, 2.75) is 244 Å². The van der Waals surface area contributed by atoms with Crippen LogP contribution in [0.2, 0.25) is 0 Å². The van der Waals surface area contributed by atoms with E-state index < -0.39 is 12.1 Å². The Morgan fingerprint density at radius 2 is 0.750 bits per heavy atom. The van der Waals surface area contributed by atoms with Gasteiger partial charge in [-0.25, -0.2) is 0 Å². The zero-order valence-electron chi connectivity index (χ0n) is 39.4. The largest absolute Gasteiger partial charge is 0.394 e. The average molecular weight is 832 g/mol. The fourth-order valence-corrected chi connectivity index (χ4v) is 7.20. The molecule has 0 aliphatic carbocycles. The van der Waals surface area contributed by atoms with E-state index in [2.05, 4.69) is 104 Å².